The van der Waals surface area contributed by atoms with E-state index in [0.29, 0.717) is 0 Å². The summed E-state index contributed by atoms with van der Waals surface area (Å²) in [6, 6.07) is 6.08. The summed E-state index contributed by atoms with van der Waals surface area (Å²) in [6.07, 6.45) is 3.49. The summed E-state index contributed by atoms with van der Waals surface area (Å²) < 4.78 is 0. The molecule has 1 aliphatic heterocycles. The molecule has 2 heteroatoms. The Morgan fingerprint density at radius 3 is 2.35 bits per heavy atom. The van der Waals surface area contributed by atoms with Crippen LogP contribution < -0.4 is 4.90 Å². The Hall–Kier alpha value is -1.31. The summed E-state index contributed by atoms with van der Waals surface area (Å²) in [5.41, 5.74) is 3.44. The van der Waals surface area contributed by atoms with Crippen molar-refractivity contribution in [3.8, 4) is 0 Å². The second-order valence-corrected chi connectivity index (χ2v) is 5.84. The maximum atomic E-state index is 10.9. The van der Waals surface area contributed by atoms with Crippen LogP contribution in [-0.2, 0) is 5.41 Å². The highest BCUT2D eigenvalue weighted by Gasteiger charge is 2.23. The lowest BCUT2D eigenvalue weighted by atomic mass is 9.84. The van der Waals surface area contributed by atoms with Gasteiger partial charge >= 0.3 is 0 Å². The predicted octanol–water partition coefficient (Wildman–Crippen LogP) is 3.40. The third-order valence-electron chi connectivity index (χ3n) is 3.41. The van der Waals surface area contributed by atoms with Crippen LogP contribution in [0.2, 0.25) is 0 Å². The topological polar surface area (TPSA) is 20.3 Å². The van der Waals surface area contributed by atoms with Crippen LogP contribution in [0.5, 0.6) is 0 Å². The molecule has 0 amide bonds. The van der Waals surface area contributed by atoms with Gasteiger partial charge in [0.2, 0.25) is 0 Å². The molecular weight excluding hydrogens is 210 g/mol. The van der Waals surface area contributed by atoms with Gasteiger partial charge in [0, 0.05) is 24.3 Å². The van der Waals surface area contributed by atoms with E-state index in [9.17, 15) is 4.79 Å². The van der Waals surface area contributed by atoms with Crippen molar-refractivity contribution in [2.45, 2.75) is 39.0 Å². The molecular formula is C15H21NO. The highest BCUT2D eigenvalue weighted by molar-refractivity contribution is 5.77. The SMILES string of the molecule is CC(C)(C)c1cc(C=O)ccc1N1CCCC1. The van der Waals surface area contributed by atoms with E-state index in [2.05, 4.69) is 31.7 Å². The van der Waals surface area contributed by atoms with Crippen LogP contribution in [0, 0.1) is 0 Å². The van der Waals surface area contributed by atoms with E-state index in [1.54, 1.807) is 0 Å². The van der Waals surface area contributed by atoms with Gasteiger partial charge in [-0.15, -0.1) is 0 Å². The van der Waals surface area contributed by atoms with Gasteiger partial charge in [-0.3, -0.25) is 4.79 Å². The van der Waals surface area contributed by atoms with Crippen molar-refractivity contribution in [3.63, 3.8) is 0 Å². The number of nitrogens with zero attached hydrogens (tertiary/aromatic N) is 1. The molecule has 1 heterocycles. The quantitative estimate of drug-likeness (QED) is 0.727. The predicted molar refractivity (Wildman–Crippen MR) is 72.0 cm³/mol. The minimum Gasteiger partial charge on any atom is -0.371 e. The molecule has 0 saturated carbocycles. The molecule has 0 bridgehead atoms. The molecule has 1 aromatic rings. The third-order valence-corrected chi connectivity index (χ3v) is 3.41. The van der Waals surface area contributed by atoms with Crippen LogP contribution in [-0.4, -0.2) is 19.4 Å². The van der Waals surface area contributed by atoms with Gasteiger partial charge in [-0.1, -0.05) is 20.8 Å². The first-order valence-electron chi connectivity index (χ1n) is 6.37. The molecule has 1 aromatic carbocycles. The molecule has 0 unspecified atom stereocenters. The Labute approximate surface area is 104 Å². The first-order chi connectivity index (χ1) is 8.02. The lowest BCUT2D eigenvalue weighted by Crippen LogP contribution is -2.23. The molecule has 0 atom stereocenters. The van der Waals surface area contributed by atoms with Gasteiger partial charge in [-0.25, -0.2) is 0 Å². The first kappa shape index (κ1) is 12.2. The molecule has 2 rings (SSSR count). The molecule has 0 aromatic heterocycles. The normalized spacial score (nSPS) is 16.3. The summed E-state index contributed by atoms with van der Waals surface area (Å²) in [4.78, 5) is 13.3. The van der Waals surface area contributed by atoms with E-state index in [-0.39, 0.29) is 5.41 Å². The largest absolute Gasteiger partial charge is 0.371 e. The fraction of sp³-hybridized carbons (Fsp3) is 0.533. The number of aldehydes is 1. The van der Waals surface area contributed by atoms with Crippen molar-refractivity contribution in [2.24, 2.45) is 0 Å². The number of anilines is 1. The number of hydrogen-bond acceptors (Lipinski definition) is 2. The van der Waals surface area contributed by atoms with Gasteiger partial charge in [-0.05, 0) is 42.0 Å². The minimum atomic E-state index is 0.0803. The summed E-state index contributed by atoms with van der Waals surface area (Å²) in [5.74, 6) is 0. The fourth-order valence-electron chi connectivity index (χ4n) is 2.46. The van der Waals surface area contributed by atoms with E-state index >= 15 is 0 Å². The van der Waals surface area contributed by atoms with Crippen LogP contribution in [0.4, 0.5) is 5.69 Å². The van der Waals surface area contributed by atoms with Gasteiger partial charge in [0.15, 0.2) is 0 Å². The van der Waals surface area contributed by atoms with Crippen molar-refractivity contribution in [1.82, 2.24) is 0 Å². The molecule has 1 fully saturated rings. The molecule has 17 heavy (non-hydrogen) atoms. The standard InChI is InChI=1S/C15H21NO/c1-15(2,3)13-10-12(11-17)6-7-14(13)16-8-4-5-9-16/h6-7,10-11H,4-5,8-9H2,1-3H3. The van der Waals surface area contributed by atoms with Crippen LogP contribution in [0.15, 0.2) is 18.2 Å². The Morgan fingerprint density at radius 1 is 1.18 bits per heavy atom. The van der Waals surface area contributed by atoms with Crippen molar-refractivity contribution >= 4 is 12.0 Å². The van der Waals surface area contributed by atoms with Gasteiger partial charge in [0.25, 0.3) is 0 Å². The monoisotopic (exact) mass is 231 g/mol. The zero-order chi connectivity index (χ0) is 12.5. The second-order valence-electron chi connectivity index (χ2n) is 5.84. The van der Waals surface area contributed by atoms with E-state index in [1.807, 2.05) is 12.1 Å². The van der Waals surface area contributed by atoms with E-state index in [4.69, 9.17) is 0 Å². The number of rotatable bonds is 2. The van der Waals surface area contributed by atoms with Crippen molar-refractivity contribution < 1.29 is 4.79 Å². The lowest BCUT2D eigenvalue weighted by Gasteiger charge is -2.28. The van der Waals surface area contributed by atoms with Crippen LogP contribution in [0.1, 0.15) is 49.5 Å². The van der Waals surface area contributed by atoms with E-state index < -0.39 is 0 Å². The van der Waals surface area contributed by atoms with Crippen LogP contribution in [0.3, 0.4) is 0 Å². The Kier molecular flexibility index (Phi) is 3.23. The number of benzene rings is 1. The Balaban J connectivity index is 2.46. The Morgan fingerprint density at radius 2 is 1.82 bits per heavy atom. The molecule has 0 aliphatic carbocycles. The van der Waals surface area contributed by atoms with Gasteiger partial charge in [0.1, 0.15) is 6.29 Å². The summed E-state index contributed by atoms with van der Waals surface area (Å²) >= 11 is 0. The van der Waals surface area contributed by atoms with E-state index in [1.165, 1.54) is 24.1 Å². The average Bonchev–Trinajstić information content (AvgIpc) is 2.80. The van der Waals surface area contributed by atoms with Crippen molar-refractivity contribution in [1.29, 1.82) is 0 Å². The highest BCUT2D eigenvalue weighted by atomic mass is 16.1. The maximum absolute atomic E-state index is 10.9. The number of carbonyl (C=O) groups excluding carboxylic acids is 1. The zero-order valence-electron chi connectivity index (χ0n) is 11.0. The summed E-state index contributed by atoms with van der Waals surface area (Å²) in [7, 11) is 0. The molecule has 0 spiro atoms. The van der Waals surface area contributed by atoms with Gasteiger partial charge in [-0.2, -0.15) is 0 Å². The van der Waals surface area contributed by atoms with Crippen LogP contribution >= 0.6 is 0 Å². The molecule has 1 aliphatic rings. The second kappa shape index (κ2) is 4.52. The van der Waals surface area contributed by atoms with Gasteiger partial charge in [0.05, 0.1) is 0 Å². The van der Waals surface area contributed by atoms with Gasteiger partial charge < -0.3 is 4.90 Å². The lowest BCUT2D eigenvalue weighted by molar-refractivity contribution is 0.112. The molecule has 2 nitrogen and oxygen atoms in total. The molecule has 1 saturated heterocycles. The zero-order valence-corrected chi connectivity index (χ0v) is 11.0. The average molecular weight is 231 g/mol. The molecule has 92 valence electrons. The number of hydrogen-bond donors (Lipinski definition) is 0. The maximum Gasteiger partial charge on any atom is 0.150 e. The Bertz CT molecular complexity index is 411. The minimum absolute atomic E-state index is 0.0803. The number of carbonyl (C=O) groups is 1. The smallest absolute Gasteiger partial charge is 0.150 e. The molecule has 0 N–H and O–H groups in total. The van der Waals surface area contributed by atoms with Crippen LogP contribution in [0.25, 0.3) is 0 Å². The molecule has 0 radical (unpaired) electrons. The first-order valence-corrected chi connectivity index (χ1v) is 6.37. The van der Waals surface area contributed by atoms with E-state index in [0.717, 1.165) is 24.9 Å². The third kappa shape index (κ3) is 2.51. The summed E-state index contributed by atoms with van der Waals surface area (Å²) in [6.45, 7) is 8.90. The fourth-order valence-corrected chi connectivity index (χ4v) is 2.46. The summed E-state index contributed by atoms with van der Waals surface area (Å²) in [5, 5.41) is 0. The highest BCUT2D eigenvalue weighted by Crippen LogP contribution is 2.34. The van der Waals surface area contributed by atoms with Crippen molar-refractivity contribution in [3.05, 3.63) is 29.3 Å². The van der Waals surface area contributed by atoms with Crippen molar-refractivity contribution in [2.75, 3.05) is 18.0 Å².